The number of anilines is 1. The fourth-order valence-electron chi connectivity index (χ4n) is 3.63. The number of sulfonamides is 1. The van der Waals surface area contributed by atoms with Crippen LogP contribution in [0.4, 0.5) is 5.69 Å². The molecular formula is C25H22Cl2N4O3S. The first-order valence-electron chi connectivity index (χ1n) is 10.6. The van der Waals surface area contributed by atoms with E-state index < -0.39 is 22.5 Å². The highest BCUT2D eigenvalue weighted by atomic mass is 35.5. The summed E-state index contributed by atoms with van der Waals surface area (Å²) >= 11 is 12.3. The number of aryl methyl sites for hydroxylation is 1. The third kappa shape index (κ3) is 5.67. The van der Waals surface area contributed by atoms with Crippen molar-refractivity contribution in [3.05, 3.63) is 107 Å². The maximum absolute atomic E-state index is 13.5. The number of aromatic nitrogens is 2. The maximum Gasteiger partial charge on any atom is 0.264 e. The predicted octanol–water partition coefficient (Wildman–Crippen LogP) is 5.00. The van der Waals surface area contributed by atoms with Crippen LogP contribution in [0, 0.1) is 6.92 Å². The van der Waals surface area contributed by atoms with Gasteiger partial charge in [0.25, 0.3) is 10.0 Å². The van der Waals surface area contributed by atoms with Crippen molar-refractivity contribution in [3.63, 3.8) is 0 Å². The molecule has 0 atom stereocenters. The van der Waals surface area contributed by atoms with Crippen LogP contribution in [0.1, 0.15) is 11.4 Å². The number of carbonyl (C=O) groups is 1. The minimum atomic E-state index is -4.07. The second-order valence-corrected chi connectivity index (χ2v) is 10.4. The quantitative estimate of drug-likeness (QED) is 0.348. The molecule has 0 aliphatic heterocycles. The molecule has 0 unspecified atom stereocenters. The summed E-state index contributed by atoms with van der Waals surface area (Å²) in [6.45, 7) is 1.63. The van der Waals surface area contributed by atoms with Crippen LogP contribution in [0.5, 0.6) is 0 Å². The molecule has 0 spiro atoms. The average molecular weight is 529 g/mol. The fourth-order valence-corrected chi connectivity index (χ4v) is 5.57. The van der Waals surface area contributed by atoms with Crippen molar-refractivity contribution in [2.45, 2.75) is 18.4 Å². The Labute approximate surface area is 214 Å². The Morgan fingerprint density at radius 1 is 1.00 bits per heavy atom. The maximum atomic E-state index is 13.5. The molecule has 0 saturated carbocycles. The molecule has 0 aliphatic rings. The molecule has 7 nitrogen and oxygen atoms in total. The van der Waals surface area contributed by atoms with E-state index in [9.17, 15) is 13.2 Å². The van der Waals surface area contributed by atoms with E-state index in [0.717, 1.165) is 21.4 Å². The van der Waals surface area contributed by atoms with E-state index in [-0.39, 0.29) is 27.2 Å². The molecule has 0 saturated heterocycles. The monoisotopic (exact) mass is 528 g/mol. The molecule has 4 aromatic rings. The highest BCUT2D eigenvalue weighted by Gasteiger charge is 2.27. The molecule has 1 N–H and O–H groups in total. The van der Waals surface area contributed by atoms with Gasteiger partial charge in [-0.15, -0.1) is 0 Å². The number of benzene rings is 3. The van der Waals surface area contributed by atoms with Crippen molar-refractivity contribution in [1.82, 2.24) is 14.9 Å². The van der Waals surface area contributed by atoms with Crippen molar-refractivity contribution < 1.29 is 13.2 Å². The highest BCUT2D eigenvalue weighted by molar-refractivity contribution is 7.92. The summed E-state index contributed by atoms with van der Waals surface area (Å²) in [5, 5.41) is 3.34. The van der Waals surface area contributed by atoms with E-state index in [1.54, 1.807) is 24.4 Å². The lowest BCUT2D eigenvalue weighted by molar-refractivity contribution is -0.119. The zero-order valence-corrected chi connectivity index (χ0v) is 21.1. The van der Waals surface area contributed by atoms with Gasteiger partial charge < -0.3 is 9.88 Å². The van der Waals surface area contributed by atoms with E-state index in [1.165, 1.54) is 30.3 Å². The van der Waals surface area contributed by atoms with Gasteiger partial charge in [-0.05, 0) is 48.9 Å². The van der Waals surface area contributed by atoms with Crippen LogP contribution in [0.2, 0.25) is 10.0 Å². The van der Waals surface area contributed by atoms with Crippen LogP contribution in [0.25, 0.3) is 5.69 Å². The summed E-state index contributed by atoms with van der Waals surface area (Å²) in [5.74, 6) is 0.319. The number of hydrogen-bond acceptors (Lipinski definition) is 4. The Bertz CT molecular complexity index is 1440. The highest BCUT2D eigenvalue weighted by Crippen LogP contribution is 2.29. The van der Waals surface area contributed by atoms with Crippen molar-refractivity contribution in [2.24, 2.45) is 0 Å². The third-order valence-corrected chi connectivity index (χ3v) is 7.53. The lowest BCUT2D eigenvalue weighted by Gasteiger charge is -2.24. The second-order valence-electron chi connectivity index (χ2n) is 7.70. The SMILES string of the molecule is Cc1nccn1-c1ccccc1CNC(=O)CN(c1cc(Cl)cc(Cl)c1)S(=O)(=O)c1ccccc1. The molecule has 1 heterocycles. The van der Waals surface area contributed by atoms with Gasteiger partial charge in [-0.3, -0.25) is 9.10 Å². The van der Waals surface area contributed by atoms with Crippen LogP contribution in [-0.2, 0) is 21.4 Å². The van der Waals surface area contributed by atoms with Crippen LogP contribution < -0.4 is 9.62 Å². The first-order valence-corrected chi connectivity index (χ1v) is 12.8. The van der Waals surface area contributed by atoms with E-state index in [1.807, 2.05) is 42.0 Å². The normalized spacial score (nSPS) is 11.3. The second kappa shape index (κ2) is 10.5. The van der Waals surface area contributed by atoms with Crippen molar-refractivity contribution >= 4 is 44.8 Å². The Kier molecular flexibility index (Phi) is 7.45. The summed E-state index contributed by atoms with van der Waals surface area (Å²) in [5.41, 5.74) is 1.92. The van der Waals surface area contributed by atoms with E-state index in [0.29, 0.717) is 0 Å². The Balaban J connectivity index is 1.60. The molecule has 180 valence electrons. The van der Waals surface area contributed by atoms with Gasteiger partial charge in [0.1, 0.15) is 12.4 Å². The molecule has 0 radical (unpaired) electrons. The summed E-state index contributed by atoms with van der Waals surface area (Å²) in [6.07, 6.45) is 3.54. The number of carbonyl (C=O) groups excluding carboxylic acids is 1. The number of amides is 1. The largest absolute Gasteiger partial charge is 0.350 e. The summed E-state index contributed by atoms with van der Waals surface area (Å²) in [4.78, 5) is 17.3. The Morgan fingerprint density at radius 3 is 2.31 bits per heavy atom. The Hall–Kier alpha value is -3.33. The van der Waals surface area contributed by atoms with Crippen LogP contribution >= 0.6 is 23.2 Å². The van der Waals surface area contributed by atoms with E-state index in [2.05, 4.69) is 10.3 Å². The molecule has 3 aromatic carbocycles. The summed E-state index contributed by atoms with van der Waals surface area (Å²) in [6, 6.07) is 19.9. The van der Waals surface area contributed by atoms with Gasteiger partial charge in [-0.1, -0.05) is 59.6 Å². The lowest BCUT2D eigenvalue weighted by atomic mass is 10.1. The molecule has 4 rings (SSSR count). The van der Waals surface area contributed by atoms with Crippen LogP contribution in [0.15, 0.2) is 90.1 Å². The minimum Gasteiger partial charge on any atom is -0.350 e. The van der Waals surface area contributed by atoms with Gasteiger partial charge >= 0.3 is 0 Å². The number of hydrogen-bond donors (Lipinski definition) is 1. The first-order chi connectivity index (χ1) is 16.8. The first kappa shape index (κ1) is 24.8. The van der Waals surface area contributed by atoms with E-state index >= 15 is 0 Å². The van der Waals surface area contributed by atoms with Gasteiger partial charge in [0.15, 0.2) is 0 Å². The van der Waals surface area contributed by atoms with Crippen LogP contribution in [-0.4, -0.2) is 30.4 Å². The smallest absolute Gasteiger partial charge is 0.264 e. The van der Waals surface area contributed by atoms with Crippen LogP contribution in [0.3, 0.4) is 0 Å². The van der Waals surface area contributed by atoms with Crippen molar-refractivity contribution in [1.29, 1.82) is 0 Å². The summed E-state index contributed by atoms with van der Waals surface area (Å²) in [7, 11) is -4.07. The number of nitrogens with zero attached hydrogens (tertiary/aromatic N) is 3. The van der Waals surface area contributed by atoms with Crippen molar-refractivity contribution in [2.75, 3.05) is 10.8 Å². The molecular weight excluding hydrogens is 507 g/mol. The number of imidazole rings is 1. The molecule has 10 heteroatoms. The van der Waals surface area contributed by atoms with Gasteiger partial charge in [0, 0.05) is 29.0 Å². The molecule has 0 aliphatic carbocycles. The van der Waals surface area contributed by atoms with Gasteiger partial charge in [-0.2, -0.15) is 0 Å². The number of rotatable bonds is 8. The molecule has 1 amide bonds. The number of halogens is 2. The third-order valence-electron chi connectivity index (χ3n) is 5.31. The Morgan fingerprint density at radius 2 is 1.66 bits per heavy atom. The molecule has 35 heavy (non-hydrogen) atoms. The van der Waals surface area contributed by atoms with Gasteiger partial charge in [0.05, 0.1) is 16.3 Å². The topological polar surface area (TPSA) is 84.3 Å². The molecule has 0 bridgehead atoms. The lowest BCUT2D eigenvalue weighted by Crippen LogP contribution is -2.40. The summed E-state index contributed by atoms with van der Waals surface area (Å²) < 4.78 is 29.8. The number of nitrogens with one attached hydrogen (secondary N) is 1. The van der Waals surface area contributed by atoms with Gasteiger partial charge in [0.2, 0.25) is 5.91 Å². The fraction of sp³-hybridized carbons (Fsp3) is 0.120. The van der Waals surface area contributed by atoms with Gasteiger partial charge in [-0.25, -0.2) is 13.4 Å². The predicted molar refractivity (Wildman–Crippen MR) is 138 cm³/mol. The standard InChI is InChI=1S/C25H22Cl2N4O3S/c1-18-28-11-12-30(18)24-10-6-5-7-19(24)16-29-25(32)17-31(22-14-20(26)13-21(27)15-22)35(33,34)23-8-3-2-4-9-23/h2-15H,16-17H2,1H3,(H,29,32). The number of para-hydroxylation sites is 1. The minimum absolute atomic E-state index is 0.0461. The molecule has 0 fully saturated rings. The molecule has 1 aromatic heterocycles. The van der Waals surface area contributed by atoms with E-state index in [4.69, 9.17) is 23.2 Å². The zero-order valence-electron chi connectivity index (χ0n) is 18.7. The van der Waals surface area contributed by atoms with Crippen molar-refractivity contribution in [3.8, 4) is 5.69 Å². The average Bonchev–Trinajstić information content (AvgIpc) is 3.26. The zero-order chi connectivity index (χ0) is 25.0.